The number of benzene rings is 1. The van der Waals surface area contributed by atoms with Crippen LogP contribution in [0.2, 0.25) is 0 Å². The third kappa shape index (κ3) is 4.49. The lowest BCUT2D eigenvalue weighted by Crippen LogP contribution is -3.13. The number of likely N-dealkylation sites (tertiary alicyclic amines) is 1. The number of nitrogens with one attached hydrogen (secondary N) is 1. The minimum atomic E-state index is -0.00798. The van der Waals surface area contributed by atoms with Crippen LogP contribution in [0.15, 0.2) is 36.4 Å². The largest absolute Gasteiger partial charge is 0.466 e. The predicted octanol–water partition coefficient (Wildman–Crippen LogP) is 1.56. The van der Waals surface area contributed by atoms with Gasteiger partial charge in [0, 0.05) is 12.8 Å². The molecule has 3 heteroatoms. The number of esters is 1. The monoisotopic (exact) mass is 274 g/mol. The van der Waals surface area contributed by atoms with Crippen molar-refractivity contribution >= 4 is 12.0 Å². The summed E-state index contributed by atoms with van der Waals surface area (Å²) < 4.78 is 5.09. The molecule has 0 aromatic heterocycles. The van der Waals surface area contributed by atoms with E-state index in [1.165, 1.54) is 5.56 Å². The average Bonchev–Trinajstić information content (AvgIpc) is 2.49. The summed E-state index contributed by atoms with van der Waals surface area (Å²) in [5.74, 6) is 0.114. The fourth-order valence-corrected chi connectivity index (χ4v) is 2.65. The molecule has 1 aromatic rings. The topological polar surface area (TPSA) is 30.7 Å². The molecule has 0 atom stereocenters. The van der Waals surface area contributed by atoms with Crippen molar-refractivity contribution in [3.63, 3.8) is 0 Å². The number of hydrogen-bond donors (Lipinski definition) is 1. The molecule has 1 aromatic carbocycles. The summed E-state index contributed by atoms with van der Waals surface area (Å²) in [7, 11) is 0. The van der Waals surface area contributed by atoms with Crippen LogP contribution in [0.4, 0.5) is 0 Å². The van der Waals surface area contributed by atoms with E-state index in [0.717, 1.165) is 32.5 Å². The van der Waals surface area contributed by atoms with Crippen LogP contribution in [0.3, 0.4) is 0 Å². The summed E-state index contributed by atoms with van der Waals surface area (Å²) >= 11 is 0. The standard InChI is InChI=1S/C17H23NO2/c1-2-20-17(19)16-10-13-18(14-11-16)12-6-9-15-7-4-3-5-8-15/h3-9,16H,2,10-14H2,1H3/p+1/b9-6+. The molecule has 3 nitrogen and oxygen atoms in total. The van der Waals surface area contributed by atoms with Crippen molar-refractivity contribution in [3.8, 4) is 0 Å². The van der Waals surface area contributed by atoms with Gasteiger partial charge < -0.3 is 9.64 Å². The van der Waals surface area contributed by atoms with Crippen LogP contribution in [0.1, 0.15) is 25.3 Å². The van der Waals surface area contributed by atoms with Crippen molar-refractivity contribution in [1.82, 2.24) is 0 Å². The smallest absolute Gasteiger partial charge is 0.309 e. The summed E-state index contributed by atoms with van der Waals surface area (Å²) in [6, 6.07) is 10.4. The molecule has 108 valence electrons. The SMILES string of the molecule is CCOC(=O)C1CC[NH+](C/C=C/c2ccccc2)CC1. The van der Waals surface area contributed by atoms with E-state index in [1.807, 2.05) is 13.0 Å². The molecule has 1 aliphatic rings. The average molecular weight is 274 g/mol. The number of ether oxygens (including phenoxy) is 1. The van der Waals surface area contributed by atoms with Crippen LogP contribution < -0.4 is 4.90 Å². The second kappa shape index (κ2) is 7.85. The highest BCUT2D eigenvalue weighted by Gasteiger charge is 2.27. The lowest BCUT2D eigenvalue weighted by molar-refractivity contribution is -0.899. The quantitative estimate of drug-likeness (QED) is 0.826. The van der Waals surface area contributed by atoms with Gasteiger partial charge in [-0.3, -0.25) is 4.79 Å². The lowest BCUT2D eigenvalue weighted by atomic mass is 9.97. The van der Waals surface area contributed by atoms with Gasteiger partial charge in [-0.1, -0.05) is 36.4 Å². The Bertz CT molecular complexity index is 434. The van der Waals surface area contributed by atoms with Gasteiger partial charge in [0.15, 0.2) is 0 Å². The lowest BCUT2D eigenvalue weighted by Gasteiger charge is -2.27. The fourth-order valence-electron chi connectivity index (χ4n) is 2.65. The van der Waals surface area contributed by atoms with Gasteiger partial charge in [0.1, 0.15) is 0 Å². The Hall–Kier alpha value is -1.61. The minimum absolute atomic E-state index is 0.00798. The summed E-state index contributed by atoms with van der Waals surface area (Å²) in [6.45, 7) is 5.51. The second-order valence-electron chi connectivity index (χ2n) is 5.29. The molecule has 0 bridgehead atoms. The van der Waals surface area contributed by atoms with Crippen LogP contribution >= 0.6 is 0 Å². The van der Waals surface area contributed by atoms with Gasteiger partial charge in [-0.05, 0) is 18.6 Å². The van der Waals surface area contributed by atoms with Crippen molar-refractivity contribution in [2.75, 3.05) is 26.2 Å². The molecule has 20 heavy (non-hydrogen) atoms. The Labute approximate surface area is 121 Å². The zero-order valence-corrected chi connectivity index (χ0v) is 12.2. The van der Waals surface area contributed by atoms with Crippen molar-refractivity contribution in [2.45, 2.75) is 19.8 Å². The Balaban J connectivity index is 1.72. The first-order chi connectivity index (χ1) is 9.79. The molecule has 0 aliphatic carbocycles. The van der Waals surface area contributed by atoms with Crippen molar-refractivity contribution in [2.24, 2.45) is 5.92 Å². The maximum absolute atomic E-state index is 11.7. The first-order valence-corrected chi connectivity index (χ1v) is 7.51. The molecule has 1 aliphatic heterocycles. The van der Waals surface area contributed by atoms with E-state index in [9.17, 15) is 4.79 Å². The van der Waals surface area contributed by atoms with Crippen LogP contribution in [0.5, 0.6) is 0 Å². The molecule has 0 radical (unpaired) electrons. The summed E-state index contributed by atoms with van der Waals surface area (Å²) in [5, 5.41) is 0. The van der Waals surface area contributed by atoms with Gasteiger partial charge in [-0.25, -0.2) is 0 Å². The zero-order valence-electron chi connectivity index (χ0n) is 12.2. The van der Waals surface area contributed by atoms with E-state index in [-0.39, 0.29) is 11.9 Å². The van der Waals surface area contributed by atoms with E-state index in [0.29, 0.717) is 6.61 Å². The van der Waals surface area contributed by atoms with Crippen LogP contribution in [0, 0.1) is 5.92 Å². The Morgan fingerprint density at radius 1 is 1.30 bits per heavy atom. The Morgan fingerprint density at radius 2 is 2.00 bits per heavy atom. The van der Waals surface area contributed by atoms with Crippen LogP contribution in [-0.4, -0.2) is 32.2 Å². The molecule has 1 fully saturated rings. The molecule has 0 spiro atoms. The van der Waals surface area contributed by atoms with Crippen molar-refractivity contribution < 1.29 is 14.4 Å². The number of hydrogen-bond acceptors (Lipinski definition) is 2. The predicted molar refractivity (Wildman–Crippen MR) is 80.4 cm³/mol. The molecule has 2 rings (SSSR count). The third-order valence-electron chi connectivity index (χ3n) is 3.83. The molecule has 1 N–H and O–H groups in total. The molecule has 0 unspecified atom stereocenters. The third-order valence-corrected chi connectivity index (χ3v) is 3.83. The number of rotatable bonds is 5. The number of carbonyl (C=O) groups is 1. The van der Waals surface area contributed by atoms with Gasteiger partial charge in [-0.15, -0.1) is 0 Å². The number of carbonyl (C=O) groups excluding carboxylic acids is 1. The fraction of sp³-hybridized carbons (Fsp3) is 0.471. The van der Waals surface area contributed by atoms with Crippen molar-refractivity contribution in [1.29, 1.82) is 0 Å². The molecule has 1 saturated heterocycles. The second-order valence-corrected chi connectivity index (χ2v) is 5.29. The Morgan fingerprint density at radius 3 is 2.65 bits per heavy atom. The summed E-state index contributed by atoms with van der Waals surface area (Å²) in [5.41, 5.74) is 1.24. The van der Waals surface area contributed by atoms with E-state index < -0.39 is 0 Å². The molecule has 1 heterocycles. The first-order valence-electron chi connectivity index (χ1n) is 7.51. The maximum atomic E-state index is 11.7. The van der Waals surface area contributed by atoms with E-state index in [2.05, 4.69) is 36.4 Å². The van der Waals surface area contributed by atoms with Gasteiger partial charge >= 0.3 is 5.97 Å². The molecule has 0 amide bonds. The number of quaternary nitrogens is 1. The van der Waals surface area contributed by atoms with E-state index in [1.54, 1.807) is 4.90 Å². The minimum Gasteiger partial charge on any atom is -0.466 e. The van der Waals surface area contributed by atoms with Gasteiger partial charge in [-0.2, -0.15) is 0 Å². The number of piperidine rings is 1. The van der Waals surface area contributed by atoms with Crippen LogP contribution in [-0.2, 0) is 9.53 Å². The normalized spacial score (nSPS) is 22.9. The summed E-state index contributed by atoms with van der Waals surface area (Å²) in [4.78, 5) is 13.2. The maximum Gasteiger partial charge on any atom is 0.309 e. The van der Waals surface area contributed by atoms with Gasteiger partial charge in [0.25, 0.3) is 0 Å². The highest BCUT2D eigenvalue weighted by Crippen LogP contribution is 2.11. The van der Waals surface area contributed by atoms with Gasteiger partial charge in [0.05, 0.1) is 32.2 Å². The molecular formula is C17H24NO2+. The summed E-state index contributed by atoms with van der Waals surface area (Å²) in [6.07, 6.45) is 6.31. The highest BCUT2D eigenvalue weighted by atomic mass is 16.5. The van der Waals surface area contributed by atoms with E-state index in [4.69, 9.17) is 4.74 Å². The van der Waals surface area contributed by atoms with Crippen LogP contribution in [0.25, 0.3) is 6.08 Å². The molecule has 0 saturated carbocycles. The Kier molecular flexibility index (Phi) is 5.81. The van der Waals surface area contributed by atoms with Gasteiger partial charge in [0.2, 0.25) is 0 Å². The molecular weight excluding hydrogens is 250 g/mol. The van der Waals surface area contributed by atoms with E-state index >= 15 is 0 Å². The first kappa shape index (κ1) is 14.8. The zero-order chi connectivity index (χ0) is 14.2. The highest BCUT2D eigenvalue weighted by molar-refractivity contribution is 5.72. The van der Waals surface area contributed by atoms with Crippen molar-refractivity contribution in [3.05, 3.63) is 42.0 Å².